The summed E-state index contributed by atoms with van der Waals surface area (Å²) in [5.74, 6) is -1.07. The fourth-order valence-corrected chi connectivity index (χ4v) is 5.54. The maximum Gasteiger partial charge on any atom is 0.309 e. The summed E-state index contributed by atoms with van der Waals surface area (Å²) in [4.78, 5) is 27.9. The van der Waals surface area contributed by atoms with Crippen molar-refractivity contribution in [3.63, 3.8) is 0 Å². The highest BCUT2D eigenvalue weighted by Gasteiger charge is 2.32. The molecule has 3 aromatic rings. The molecule has 1 aromatic heterocycles. The van der Waals surface area contributed by atoms with Gasteiger partial charge in [0, 0.05) is 35.3 Å². The number of benzene rings is 2. The molecular formula is C27H29Cl4N5O4S. The number of nitriles is 1. The zero-order valence-electron chi connectivity index (χ0n) is 23.2. The van der Waals surface area contributed by atoms with Crippen molar-refractivity contribution in [3.8, 4) is 17.3 Å². The van der Waals surface area contributed by atoms with E-state index < -0.39 is 21.7 Å². The van der Waals surface area contributed by atoms with Crippen LogP contribution in [0.1, 0.15) is 47.6 Å². The molecule has 2 aromatic carbocycles. The molecule has 1 unspecified atom stereocenters. The van der Waals surface area contributed by atoms with Gasteiger partial charge < -0.3 is 5.32 Å². The Morgan fingerprint density at radius 1 is 1.10 bits per heavy atom. The lowest BCUT2D eigenvalue weighted by molar-refractivity contribution is -0.122. The summed E-state index contributed by atoms with van der Waals surface area (Å²) in [7, 11) is -1.15. The average Bonchev–Trinajstić information content (AvgIpc) is 3.28. The van der Waals surface area contributed by atoms with Crippen LogP contribution < -0.4 is 5.32 Å². The van der Waals surface area contributed by atoms with Crippen molar-refractivity contribution >= 4 is 68.3 Å². The minimum Gasteiger partial charge on any atom is -0.340 e. The summed E-state index contributed by atoms with van der Waals surface area (Å²) < 4.78 is 26.7. The number of Topliss-reactive ketones (excluding diaryl/α,β-unsaturated/α-hetero) is 1. The third kappa shape index (κ3) is 7.80. The lowest BCUT2D eigenvalue weighted by atomic mass is 9.93. The summed E-state index contributed by atoms with van der Waals surface area (Å²) >= 11 is 23.6. The molecular weight excluding hydrogens is 632 g/mol. The molecule has 41 heavy (non-hydrogen) atoms. The number of hydrogen-bond acceptors (Lipinski definition) is 6. The predicted octanol–water partition coefficient (Wildman–Crippen LogP) is 6.05. The van der Waals surface area contributed by atoms with Crippen LogP contribution >= 0.6 is 46.4 Å². The van der Waals surface area contributed by atoms with Gasteiger partial charge in [0.2, 0.25) is 5.82 Å². The van der Waals surface area contributed by atoms with E-state index in [9.17, 15) is 18.0 Å². The third-order valence-electron chi connectivity index (χ3n) is 6.29. The zero-order chi connectivity index (χ0) is 31.3. The van der Waals surface area contributed by atoms with Gasteiger partial charge in [-0.05, 0) is 44.9 Å². The first-order valence-corrected chi connectivity index (χ1v) is 15.2. The number of carbonyl (C=O) groups is 2. The first kappa shape index (κ1) is 34.6. The van der Waals surface area contributed by atoms with E-state index in [1.54, 1.807) is 39.0 Å². The molecule has 0 radical (unpaired) electrons. The Kier molecular flexibility index (Phi) is 11.8. The number of amides is 1. The van der Waals surface area contributed by atoms with Gasteiger partial charge in [0.05, 0.1) is 11.4 Å². The van der Waals surface area contributed by atoms with Gasteiger partial charge in [-0.25, -0.2) is 4.98 Å². The van der Waals surface area contributed by atoms with Gasteiger partial charge in [0.25, 0.3) is 5.91 Å². The van der Waals surface area contributed by atoms with E-state index in [0.29, 0.717) is 33.2 Å². The normalized spacial score (nSPS) is 12.6. The number of carbonyl (C=O) groups excluding carboxylic acids is 2. The zero-order valence-corrected chi connectivity index (χ0v) is 27.1. The summed E-state index contributed by atoms with van der Waals surface area (Å²) in [6.45, 7) is 7.13. The second-order valence-electron chi connectivity index (χ2n) is 9.37. The minimum absolute atomic E-state index is 0.0270. The van der Waals surface area contributed by atoms with Crippen LogP contribution in [-0.4, -0.2) is 58.9 Å². The fourth-order valence-electron chi connectivity index (χ4n) is 3.39. The Balaban J connectivity index is 0.000000287. The van der Waals surface area contributed by atoms with Crippen LogP contribution in [0.25, 0.3) is 11.3 Å². The quantitative estimate of drug-likeness (QED) is 0.294. The number of rotatable bonds is 8. The van der Waals surface area contributed by atoms with Gasteiger partial charge in [-0.3, -0.25) is 9.59 Å². The van der Waals surface area contributed by atoms with Gasteiger partial charge in [-0.15, -0.1) is 11.6 Å². The molecule has 3 rings (SSSR count). The van der Waals surface area contributed by atoms with E-state index in [2.05, 4.69) is 10.3 Å². The minimum atomic E-state index is -3.91. The van der Waals surface area contributed by atoms with Crippen molar-refractivity contribution in [1.82, 2.24) is 18.6 Å². The Bertz CT molecular complexity index is 1580. The van der Waals surface area contributed by atoms with Gasteiger partial charge >= 0.3 is 10.2 Å². The molecule has 9 nitrogen and oxygen atoms in total. The highest BCUT2D eigenvalue weighted by molar-refractivity contribution is 7.87. The maximum absolute atomic E-state index is 12.4. The smallest absolute Gasteiger partial charge is 0.309 e. The SMILES string of the molecule is CCC(C)(NC(=O)c1cc(Cl)c(C)c(Cl)c1)C(=O)CCl.Cc1ccc(-c2c(Cl)nc(C#N)n2S(=O)(=O)N(C)C)cc1. The van der Waals surface area contributed by atoms with Crippen molar-refractivity contribution in [1.29, 1.82) is 5.26 Å². The number of aryl methyl sites for hydroxylation is 1. The van der Waals surface area contributed by atoms with Gasteiger partial charge in [-0.2, -0.15) is 22.0 Å². The molecule has 1 atom stereocenters. The Morgan fingerprint density at radius 2 is 1.63 bits per heavy atom. The largest absolute Gasteiger partial charge is 0.340 e. The highest BCUT2D eigenvalue weighted by atomic mass is 35.5. The molecule has 0 saturated carbocycles. The summed E-state index contributed by atoms with van der Waals surface area (Å²) in [5, 5.41) is 12.6. The second kappa shape index (κ2) is 14.0. The lowest BCUT2D eigenvalue weighted by Gasteiger charge is -2.27. The van der Waals surface area contributed by atoms with E-state index in [-0.39, 0.29) is 28.3 Å². The molecule has 1 amide bonds. The van der Waals surface area contributed by atoms with Crippen molar-refractivity contribution in [2.45, 2.75) is 39.7 Å². The fraction of sp³-hybridized carbons (Fsp3) is 0.333. The number of nitrogens with zero attached hydrogens (tertiary/aromatic N) is 4. The van der Waals surface area contributed by atoms with Crippen LogP contribution in [-0.2, 0) is 15.0 Å². The molecule has 0 spiro atoms. The van der Waals surface area contributed by atoms with Crippen LogP contribution in [0.4, 0.5) is 0 Å². The molecule has 1 N–H and O–H groups in total. The van der Waals surface area contributed by atoms with Gasteiger partial charge in [-0.1, -0.05) is 71.6 Å². The second-order valence-corrected chi connectivity index (χ2v) is 12.8. The predicted molar refractivity (Wildman–Crippen MR) is 163 cm³/mol. The third-order valence-corrected chi connectivity index (χ3v) is 9.32. The molecule has 0 aliphatic carbocycles. The van der Waals surface area contributed by atoms with E-state index >= 15 is 0 Å². The van der Waals surface area contributed by atoms with Crippen molar-refractivity contribution < 1.29 is 18.0 Å². The monoisotopic (exact) mass is 659 g/mol. The Hall–Kier alpha value is -2.65. The molecule has 14 heteroatoms. The topological polar surface area (TPSA) is 125 Å². The molecule has 220 valence electrons. The van der Waals surface area contributed by atoms with Crippen LogP contribution in [0.15, 0.2) is 36.4 Å². The van der Waals surface area contributed by atoms with Crippen LogP contribution in [0.5, 0.6) is 0 Å². The lowest BCUT2D eigenvalue weighted by Crippen LogP contribution is -2.52. The molecule has 0 bridgehead atoms. The highest BCUT2D eigenvalue weighted by Crippen LogP contribution is 2.31. The van der Waals surface area contributed by atoms with E-state index in [1.807, 2.05) is 19.1 Å². The number of imidazole rings is 1. The number of hydrogen-bond donors (Lipinski definition) is 1. The number of halogens is 4. The Labute approximate surface area is 260 Å². The molecule has 0 aliphatic heterocycles. The van der Waals surface area contributed by atoms with Gasteiger partial charge in [0.1, 0.15) is 11.8 Å². The van der Waals surface area contributed by atoms with Crippen molar-refractivity contribution in [2.75, 3.05) is 20.0 Å². The summed E-state index contributed by atoms with van der Waals surface area (Å²) in [6, 6.07) is 12.0. The summed E-state index contributed by atoms with van der Waals surface area (Å²) in [6.07, 6.45) is 0.442. The Morgan fingerprint density at radius 3 is 2.07 bits per heavy atom. The van der Waals surface area contributed by atoms with Crippen LogP contribution in [0, 0.1) is 25.2 Å². The molecule has 1 heterocycles. The van der Waals surface area contributed by atoms with E-state index in [1.165, 1.54) is 26.2 Å². The average molecular weight is 661 g/mol. The van der Waals surface area contributed by atoms with E-state index in [4.69, 9.17) is 51.7 Å². The summed E-state index contributed by atoms with van der Waals surface area (Å²) in [5.41, 5.74) is 1.80. The maximum atomic E-state index is 12.4. The first-order valence-electron chi connectivity index (χ1n) is 12.1. The number of ketones is 1. The number of alkyl halides is 1. The van der Waals surface area contributed by atoms with Crippen molar-refractivity contribution in [2.24, 2.45) is 0 Å². The van der Waals surface area contributed by atoms with Crippen LogP contribution in [0.3, 0.4) is 0 Å². The molecule has 0 saturated heterocycles. The standard InChI is InChI=1S/C14H16Cl3NO2.C13H13ClN4O2S/c1-4-14(3,12(19)7-15)18-13(20)9-5-10(16)8(2)11(17)6-9;1-9-4-6-10(7-5-9)12-13(14)16-11(8-15)18(12)21(19,20)17(2)3/h5-6H,4,7H2,1-3H3,(H,18,20);4-7H,1-3H3. The van der Waals surface area contributed by atoms with E-state index in [0.717, 1.165) is 13.8 Å². The molecule has 0 fully saturated rings. The molecule has 0 aliphatic rings. The van der Waals surface area contributed by atoms with Crippen LogP contribution in [0.2, 0.25) is 15.2 Å². The number of aromatic nitrogens is 2. The van der Waals surface area contributed by atoms with Gasteiger partial charge in [0.15, 0.2) is 10.9 Å². The van der Waals surface area contributed by atoms with Crippen molar-refractivity contribution in [3.05, 3.63) is 74.1 Å². The number of nitrogens with one attached hydrogen (secondary N) is 1. The first-order chi connectivity index (χ1) is 19.0.